The third-order valence-electron chi connectivity index (χ3n) is 5.06. The van der Waals surface area contributed by atoms with Gasteiger partial charge in [-0.25, -0.2) is 0 Å². The molecule has 0 unspecified atom stereocenters. The molecule has 0 aliphatic carbocycles. The summed E-state index contributed by atoms with van der Waals surface area (Å²) in [5, 5.41) is 6.68. The topological polar surface area (TPSA) is 72.1 Å². The Kier molecular flexibility index (Phi) is 9.03. The van der Waals surface area contributed by atoms with E-state index in [-0.39, 0.29) is 11.0 Å². The predicted octanol–water partition coefficient (Wildman–Crippen LogP) is 5.26. The Morgan fingerprint density at radius 1 is 1.03 bits per heavy atom. The normalized spacial score (nSPS) is 12.9. The summed E-state index contributed by atoms with van der Waals surface area (Å²) in [5.41, 5.74) is 2.00. The molecule has 2 aromatic rings. The maximum Gasteiger partial charge on any atom is 0.257 e. The molecular formula is C24H30ClN3O4S. The van der Waals surface area contributed by atoms with Crippen LogP contribution in [0.3, 0.4) is 0 Å². The second kappa shape index (κ2) is 12.0. The Morgan fingerprint density at radius 3 is 2.21 bits per heavy atom. The van der Waals surface area contributed by atoms with Crippen molar-refractivity contribution in [3.63, 3.8) is 0 Å². The van der Waals surface area contributed by atoms with E-state index in [1.54, 1.807) is 12.1 Å². The second-order valence-corrected chi connectivity index (χ2v) is 8.15. The lowest BCUT2D eigenvalue weighted by Crippen LogP contribution is -2.34. The monoisotopic (exact) mass is 491 g/mol. The van der Waals surface area contributed by atoms with Crippen molar-refractivity contribution in [2.45, 2.75) is 33.6 Å². The third kappa shape index (κ3) is 6.21. The van der Waals surface area contributed by atoms with E-state index in [4.69, 9.17) is 38.0 Å². The summed E-state index contributed by atoms with van der Waals surface area (Å²) in [6.45, 7) is 8.76. The number of para-hydroxylation sites is 1. The van der Waals surface area contributed by atoms with Crippen molar-refractivity contribution in [2.24, 2.45) is 0 Å². The number of benzene rings is 2. The minimum Gasteiger partial charge on any atom is -0.490 e. The van der Waals surface area contributed by atoms with Crippen molar-refractivity contribution < 1.29 is 19.0 Å². The number of rotatable bonds is 9. The Morgan fingerprint density at radius 2 is 1.64 bits per heavy atom. The van der Waals surface area contributed by atoms with Crippen LogP contribution < -0.4 is 29.7 Å². The van der Waals surface area contributed by atoms with Gasteiger partial charge in [0, 0.05) is 18.7 Å². The highest BCUT2D eigenvalue weighted by molar-refractivity contribution is 7.80. The number of anilines is 2. The first kappa shape index (κ1) is 24.9. The molecule has 7 nitrogen and oxygen atoms in total. The minimum absolute atomic E-state index is 0.174. The second-order valence-electron chi connectivity index (χ2n) is 7.34. The van der Waals surface area contributed by atoms with E-state index in [0.29, 0.717) is 47.7 Å². The molecule has 0 atom stereocenters. The van der Waals surface area contributed by atoms with Gasteiger partial charge >= 0.3 is 0 Å². The first-order chi connectivity index (χ1) is 16.0. The first-order valence-electron chi connectivity index (χ1n) is 11.2. The molecule has 0 spiro atoms. The van der Waals surface area contributed by atoms with Crippen molar-refractivity contribution in [3.05, 3.63) is 40.9 Å². The lowest BCUT2D eigenvalue weighted by atomic mass is 10.1. The van der Waals surface area contributed by atoms with Gasteiger partial charge < -0.3 is 24.4 Å². The molecule has 3 rings (SSSR count). The molecule has 1 heterocycles. The van der Waals surface area contributed by atoms with Crippen LogP contribution in [0.15, 0.2) is 30.3 Å². The molecule has 1 fully saturated rings. The number of hydrogen-bond donors (Lipinski definition) is 2. The Bertz CT molecular complexity index is 969. The molecule has 33 heavy (non-hydrogen) atoms. The van der Waals surface area contributed by atoms with Crippen LogP contribution in [-0.2, 0) is 0 Å². The third-order valence-corrected chi connectivity index (χ3v) is 5.56. The first-order valence-corrected chi connectivity index (χ1v) is 12.0. The number of thiocarbonyl (C=S) groups is 1. The number of halogens is 1. The number of amides is 1. The maximum atomic E-state index is 13.0. The summed E-state index contributed by atoms with van der Waals surface area (Å²) < 4.78 is 17.1. The molecule has 0 saturated carbocycles. The lowest BCUT2D eigenvalue weighted by Gasteiger charge is -2.23. The molecule has 1 aliphatic heterocycles. The van der Waals surface area contributed by atoms with E-state index in [1.165, 1.54) is 0 Å². The van der Waals surface area contributed by atoms with Crippen LogP contribution in [0.4, 0.5) is 11.4 Å². The van der Waals surface area contributed by atoms with Crippen molar-refractivity contribution in [3.8, 4) is 17.2 Å². The van der Waals surface area contributed by atoms with E-state index in [1.807, 2.05) is 39.0 Å². The minimum atomic E-state index is -0.387. The summed E-state index contributed by atoms with van der Waals surface area (Å²) in [7, 11) is 0. The molecule has 2 N–H and O–H groups in total. The van der Waals surface area contributed by atoms with Gasteiger partial charge in [0.1, 0.15) is 0 Å². The number of nitrogens with zero attached hydrogens (tertiary/aromatic N) is 1. The molecule has 9 heteroatoms. The van der Waals surface area contributed by atoms with Crippen LogP contribution in [0, 0.1) is 0 Å². The number of nitrogens with one attached hydrogen (secondary N) is 2. The van der Waals surface area contributed by atoms with E-state index in [9.17, 15) is 4.79 Å². The maximum absolute atomic E-state index is 13.0. The van der Waals surface area contributed by atoms with Gasteiger partial charge in [0.2, 0.25) is 5.75 Å². The van der Waals surface area contributed by atoms with Gasteiger partial charge in [-0.1, -0.05) is 17.7 Å². The summed E-state index contributed by atoms with van der Waals surface area (Å²) in [6, 6.07) is 8.86. The summed E-state index contributed by atoms with van der Waals surface area (Å²) in [5.74, 6) is 0.982. The van der Waals surface area contributed by atoms with Gasteiger partial charge in [-0.05, 0) is 70.1 Å². The smallest absolute Gasteiger partial charge is 0.257 e. The fourth-order valence-corrected chi connectivity index (χ4v) is 4.22. The van der Waals surface area contributed by atoms with Gasteiger partial charge in [0.15, 0.2) is 16.6 Å². The average Bonchev–Trinajstić information content (AvgIpc) is 3.30. The van der Waals surface area contributed by atoms with Crippen molar-refractivity contribution in [1.82, 2.24) is 5.32 Å². The fourth-order valence-electron chi connectivity index (χ4n) is 3.73. The quantitative estimate of drug-likeness (QED) is 0.463. The Labute approximate surface area is 205 Å². The zero-order valence-corrected chi connectivity index (χ0v) is 20.8. The molecule has 1 aliphatic rings. The SMILES string of the molecule is CCOc1cc(C(=O)NC(=S)Nc2cccc(Cl)c2N2CCCC2)cc(OCC)c1OCC. The predicted molar refractivity (Wildman–Crippen MR) is 137 cm³/mol. The molecular weight excluding hydrogens is 462 g/mol. The molecule has 2 aromatic carbocycles. The van der Waals surface area contributed by atoms with E-state index in [2.05, 4.69) is 15.5 Å². The van der Waals surface area contributed by atoms with Gasteiger partial charge in [-0.15, -0.1) is 0 Å². The van der Waals surface area contributed by atoms with E-state index in [0.717, 1.165) is 37.3 Å². The van der Waals surface area contributed by atoms with Crippen molar-refractivity contribution in [2.75, 3.05) is 43.1 Å². The van der Waals surface area contributed by atoms with E-state index >= 15 is 0 Å². The van der Waals surface area contributed by atoms with Crippen molar-refractivity contribution >= 4 is 46.2 Å². The highest BCUT2D eigenvalue weighted by Gasteiger charge is 2.21. The largest absolute Gasteiger partial charge is 0.490 e. The molecule has 1 saturated heterocycles. The molecule has 1 amide bonds. The fraction of sp³-hybridized carbons (Fsp3) is 0.417. The Balaban J connectivity index is 1.80. The number of ether oxygens (including phenoxy) is 3. The highest BCUT2D eigenvalue weighted by atomic mass is 35.5. The summed E-state index contributed by atoms with van der Waals surface area (Å²) in [4.78, 5) is 15.2. The van der Waals surface area contributed by atoms with E-state index < -0.39 is 0 Å². The number of carbonyl (C=O) groups excluding carboxylic acids is 1. The summed E-state index contributed by atoms with van der Waals surface area (Å²) >= 11 is 11.9. The summed E-state index contributed by atoms with van der Waals surface area (Å²) in [6.07, 6.45) is 2.24. The van der Waals surface area contributed by atoms with Crippen LogP contribution in [0.5, 0.6) is 17.2 Å². The average molecular weight is 492 g/mol. The molecule has 0 aromatic heterocycles. The van der Waals surface area contributed by atoms with Gasteiger partial charge in [0.05, 0.1) is 36.2 Å². The molecule has 0 radical (unpaired) electrons. The standard InChI is InChI=1S/C24H30ClN3O4S/c1-4-30-19-14-16(15-20(31-5-2)22(19)32-6-3)23(29)27-24(33)26-18-11-9-10-17(25)21(18)28-12-7-8-13-28/h9-11,14-15H,4-8,12-13H2,1-3H3,(H2,26,27,29,33). The van der Waals surface area contributed by atoms with Crippen LogP contribution >= 0.6 is 23.8 Å². The highest BCUT2D eigenvalue weighted by Crippen LogP contribution is 2.39. The zero-order chi connectivity index (χ0) is 23.8. The van der Waals surface area contributed by atoms with Crippen LogP contribution in [0.2, 0.25) is 5.02 Å². The Hall–Kier alpha value is -2.71. The van der Waals surface area contributed by atoms with Crippen LogP contribution in [0.25, 0.3) is 0 Å². The number of carbonyl (C=O) groups is 1. The van der Waals surface area contributed by atoms with Crippen molar-refractivity contribution in [1.29, 1.82) is 0 Å². The van der Waals surface area contributed by atoms with Gasteiger partial charge in [-0.3, -0.25) is 10.1 Å². The molecule has 178 valence electrons. The number of hydrogen-bond acceptors (Lipinski definition) is 6. The lowest BCUT2D eigenvalue weighted by molar-refractivity contribution is 0.0976. The van der Waals surface area contributed by atoms with Crippen LogP contribution in [-0.4, -0.2) is 43.9 Å². The van der Waals surface area contributed by atoms with Gasteiger partial charge in [0.25, 0.3) is 5.91 Å². The van der Waals surface area contributed by atoms with Crippen LogP contribution in [0.1, 0.15) is 44.0 Å². The molecule has 0 bridgehead atoms. The zero-order valence-electron chi connectivity index (χ0n) is 19.2. The van der Waals surface area contributed by atoms with Gasteiger partial charge in [-0.2, -0.15) is 0 Å².